The number of amides is 1. The molecular formula is C17H14Cl2N4OS. The van der Waals surface area contributed by atoms with Crippen molar-refractivity contribution in [3.05, 3.63) is 58.1 Å². The third-order valence-electron chi connectivity index (χ3n) is 3.45. The van der Waals surface area contributed by atoms with Crippen molar-refractivity contribution in [2.75, 3.05) is 5.75 Å². The molecular weight excluding hydrogens is 379 g/mol. The summed E-state index contributed by atoms with van der Waals surface area (Å²) in [6, 6.07) is 13.0. The summed E-state index contributed by atoms with van der Waals surface area (Å²) in [7, 11) is 1.93. The lowest BCUT2D eigenvalue weighted by molar-refractivity contribution is -0.118. The van der Waals surface area contributed by atoms with Gasteiger partial charge in [0.25, 0.3) is 5.91 Å². The van der Waals surface area contributed by atoms with Gasteiger partial charge in [-0.2, -0.15) is 5.10 Å². The van der Waals surface area contributed by atoms with Crippen LogP contribution in [0.3, 0.4) is 0 Å². The summed E-state index contributed by atoms with van der Waals surface area (Å²) in [6.45, 7) is 0. The molecule has 3 rings (SSSR count). The monoisotopic (exact) mass is 392 g/mol. The highest BCUT2D eigenvalue weighted by Gasteiger charge is 2.10. The van der Waals surface area contributed by atoms with Gasteiger partial charge in [-0.05, 0) is 18.2 Å². The first kappa shape index (κ1) is 17.8. The molecule has 128 valence electrons. The number of halogens is 2. The van der Waals surface area contributed by atoms with Crippen molar-refractivity contribution in [1.82, 2.24) is 15.0 Å². The number of hydrogen-bond acceptors (Lipinski definition) is 4. The molecule has 0 spiro atoms. The molecule has 25 heavy (non-hydrogen) atoms. The zero-order valence-corrected chi connectivity index (χ0v) is 15.6. The molecule has 0 aliphatic rings. The number of nitrogens with one attached hydrogen (secondary N) is 1. The zero-order valence-electron chi connectivity index (χ0n) is 13.2. The summed E-state index contributed by atoms with van der Waals surface area (Å²) in [5, 5.41) is 5.53. The van der Waals surface area contributed by atoms with Crippen LogP contribution in [0.25, 0.3) is 11.0 Å². The van der Waals surface area contributed by atoms with E-state index in [1.807, 2.05) is 35.9 Å². The molecule has 1 aromatic heterocycles. The Morgan fingerprint density at radius 3 is 2.88 bits per heavy atom. The summed E-state index contributed by atoms with van der Waals surface area (Å²) in [6.07, 6.45) is 1.46. The van der Waals surface area contributed by atoms with Gasteiger partial charge in [0.2, 0.25) is 0 Å². The smallest absolute Gasteiger partial charge is 0.250 e. The van der Waals surface area contributed by atoms with Crippen LogP contribution in [0.1, 0.15) is 5.56 Å². The molecule has 1 heterocycles. The second-order valence-electron chi connectivity index (χ2n) is 5.17. The van der Waals surface area contributed by atoms with Crippen LogP contribution in [-0.4, -0.2) is 27.4 Å². The second kappa shape index (κ2) is 7.91. The maximum atomic E-state index is 11.9. The Labute approximate surface area is 159 Å². The number of aryl methyl sites for hydroxylation is 1. The molecule has 0 atom stereocenters. The van der Waals surface area contributed by atoms with Crippen LogP contribution in [0.15, 0.2) is 52.7 Å². The Bertz CT molecular complexity index is 955. The Morgan fingerprint density at radius 2 is 2.08 bits per heavy atom. The predicted octanol–water partition coefficient (Wildman–Crippen LogP) is 4.12. The van der Waals surface area contributed by atoms with E-state index in [1.54, 1.807) is 18.2 Å². The lowest BCUT2D eigenvalue weighted by Crippen LogP contribution is -2.19. The molecule has 2 aromatic carbocycles. The Balaban J connectivity index is 1.58. The van der Waals surface area contributed by atoms with Crippen LogP contribution in [-0.2, 0) is 11.8 Å². The maximum Gasteiger partial charge on any atom is 0.250 e. The average Bonchev–Trinajstić information content (AvgIpc) is 2.93. The number of nitrogens with zero attached hydrogens (tertiary/aromatic N) is 3. The van der Waals surface area contributed by atoms with Gasteiger partial charge in [-0.15, -0.1) is 0 Å². The van der Waals surface area contributed by atoms with Gasteiger partial charge in [0, 0.05) is 12.6 Å². The lowest BCUT2D eigenvalue weighted by Gasteiger charge is -2.02. The average molecular weight is 393 g/mol. The number of benzene rings is 2. The van der Waals surface area contributed by atoms with E-state index in [9.17, 15) is 4.79 Å². The molecule has 0 fully saturated rings. The number of para-hydroxylation sites is 2. The minimum absolute atomic E-state index is 0.206. The summed E-state index contributed by atoms with van der Waals surface area (Å²) in [5.74, 6) is -0.0240. The number of aromatic nitrogens is 2. The van der Waals surface area contributed by atoms with E-state index in [1.165, 1.54) is 18.0 Å². The van der Waals surface area contributed by atoms with E-state index < -0.39 is 0 Å². The number of imidazole rings is 1. The summed E-state index contributed by atoms with van der Waals surface area (Å²) >= 11 is 13.3. The van der Waals surface area contributed by atoms with E-state index in [0.717, 1.165) is 16.2 Å². The highest BCUT2D eigenvalue weighted by molar-refractivity contribution is 7.99. The van der Waals surface area contributed by atoms with E-state index >= 15 is 0 Å². The summed E-state index contributed by atoms with van der Waals surface area (Å²) < 4.78 is 1.96. The largest absolute Gasteiger partial charge is 0.322 e. The zero-order chi connectivity index (χ0) is 17.8. The van der Waals surface area contributed by atoms with E-state index in [2.05, 4.69) is 15.5 Å². The van der Waals surface area contributed by atoms with E-state index in [0.29, 0.717) is 15.6 Å². The third-order valence-corrected chi connectivity index (χ3v) is 5.32. The topological polar surface area (TPSA) is 59.3 Å². The standard InChI is InChI=1S/C17H14Cl2N4OS/c1-23-14-8-3-2-7-13(14)21-17(23)25-10-15(24)22-20-9-11-5-4-6-12(18)16(11)19/h2-9H,10H2,1H3,(H,22,24). The normalized spacial score (nSPS) is 11.3. The number of hydrogen-bond donors (Lipinski definition) is 1. The van der Waals surface area contributed by atoms with Gasteiger partial charge in [-0.25, -0.2) is 10.4 Å². The SMILES string of the molecule is Cn1c(SCC(=O)NN=Cc2cccc(Cl)c2Cl)nc2ccccc21. The molecule has 5 nitrogen and oxygen atoms in total. The number of fused-ring (bicyclic) bond motifs is 1. The van der Waals surface area contributed by atoms with Crippen LogP contribution in [0.2, 0.25) is 10.0 Å². The van der Waals surface area contributed by atoms with Crippen LogP contribution in [0, 0.1) is 0 Å². The van der Waals surface area contributed by atoms with Crippen LogP contribution in [0.5, 0.6) is 0 Å². The summed E-state index contributed by atoms with van der Waals surface area (Å²) in [4.78, 5) is 16.5. The first-order chi connectivity index (χ1) is 12.1. The number of hydrazone groups is 1. The maximum absolute atomic E-state index is 11.9. The third kappa shape index (κ3) is 4.15. The molecule has 3 aromatic rings. The second-order valence-corrected chi connectivity index (χ2v) is 6.89. The Kier molecular flexibility index (Phi) is 5.63. The first-order valence-corrected chi connectivity index (χ1v) is 9.10. The molecule has 1 N–H and O–H groups in total. The van der Waals surface area contributed by atoms with Gasteiger partial charge in [0.15, 0.2) is 5.16 Å². The molecule has 0 radical (unpaired) electrons. The lowest BCUT2D eigenvalue weighted by atomic mass is 10.2. The van der Waals surface area contributed by atoms with Crippen molar-refractivity contribution in [3.63, 3.8) is 0 Å². The van der Waals surface area contributed by atoms with Gasteiger partial charge in [-0.1, -0.05) is 59.2 Å². The predicted molar refractivity (Wildman–Crippen MR) is 104 cm³/mol. The Hall–Kier alpha value is -2.02. The van der Waals surface area contributed by atoms with Crippen molar-refractivity contribution in [2.24, 2.45) is 12.1 Å². The highest BCUT2D eigenvalue weighted by atomic mass is 35.5. The number of rotatable bonds is 5. The van der Waals surface area contributed by atoms with Crippen molar-refractivity contribution in [3.8, 4) is 0 Å². The molecule has 8 heteroatoms. The van der Waals surface area contributed by atoms with Gasteiger partial charge < -0.3 is 4.57 Å². The first-order valence-electron chi connectivity index (χ1n) is 7.36. The molecule has 0 saturated carbocycles. The molecule has 0 aliphatic heterocycles. The van der Waals surface area contributed by atoms with Crippen molar-refractivity contribution in [2.45, 2.75) is 5.16 Å². The minimum atomic E-state index is -0.230. The van der Waals surface area contributed by atoms with Crippen molar-refractivity contribution >= 4 is 58.1 Å². The molecule has 0 unspecified atom stereocenters. The molecule has 0 bridgehead atoms. The molecule has 1 amide bonds. The fraction of sp³-hybridized carbons (Fsp3) is 0.118. The Morgan fingerprint density at radius 1 is 1.28 bits per heavy atom. The van der Waals surface area contributed by atoms with Crippen molar-refractivity contribution in [1.29, 1.82) is 0 Å². The minimum Gasteiger partial charge on any atom is -0.322 e. The van der Waals surface area contributed by atoms with Crippen molar-refractivity contribution < 1.29 is 4.79 Å². The van der Waals surface area contributed by atoms with E-state index in [-0.39, 0.29) is 11.7 Å². The molecule has 0 saturated heterocycles. The van der Waals surface area contributed by atoms with Gasteiger partial charge in [-0.3, -0.25) is 4.79 Å². The van der Waals surface area contributed by atoms with Gasteiger partial charge in [0.1, 0.15) is 0 Å². The van der Waals surface area contributed by atoms with E-state index in [4.69, 9.17) is 23.2 Å². The summed E-state index contributed by atoms with van der Waals surface area (Å²) in [5.41, 5.74) is 5.04. The van der Waals surface area contributed by atoms with Crippen LogP contribution >= 0.6 is 35.0 Å². The fourth-order valence-corrected chi connectivity index (χ4v) is 3.35. The fourth-order valence-electron chi connectivity index (χ4n) is 2.21. The quantitative estimate of drug-likeness (QED) is 0.403. The van der Waals surface area contributed by atoms with Crippen LogP contribution in [0.4, 0.5) is 0 Å². The number of carbonyl (C=O) groups is 1. The number of carbonyl (C=O) groups excluding carboxylic acids is 1. The number of thioether (sulfide) groups is 1. The van der Waals surface area contributed by atoms with Crippen LogP contribution < -0.4 is 5.43 Å². The van der Waals surface area contributed by atoms with Gasteiger partial charge in [0.05, 0.1) is 33.0 Å². The highest BCUT2D eigenvalue weighted by Crippen LogP contribution is 2.24. The molecule has 0 aliphatic carbocycles. The van der Waals surface area contributed by atoms with Gasteiger partial charge >= 0.3 is 0 Å².